The first kappa shape index (κ1) is 22.5. The van der Waals surface area contributed by atoms with E-state index in [1.165, 1.54) is 16.0 Å². The number of anilines is 1. The number of hydrogen-bond donors (Lipinski definition) is 1. The number of likely N-dealkylation sites (N-methyl/N-ethyl adjacent to an activating group) is 1. The molecule has 174 valence electrons. The molecule has 3 amide bonds. The Morgan fingerprint density at radius 3 is 2.55 bits per heavy atom. The van der Waals surface area contributed by atoms with Gasteiger partial charge in [0.05, 0.1) is 6.54 Å². The van der Waals surface area contributed by atoms with Crippen LogP contribution in [0.25, 0.3) is 0 Å². The smallest absolute Gasteiger partial charge is 0.328 e. The molecule has 0 saturated carbocycles. The van der Waals surface area contributed by atoms with Gasteiger partial charge in [0.15, 0.2) is 0 Å². The van der Waals surface area contributed by atoms with E-state index in [4.69, 9.17) is 23.2 Å². The van der Waals surface area contributed by atoms with Crippen molar-refractivity contribution in [3.05, 3.63) is 63.1 Å². The second-order valence-electron chi connectivity index (χ2n) is 9.04. The lowest BCUT2D eigenvalue weighted by molar-refractivity contribution is -0.139. The van der Waals surface area contributed by atoms with Gasteiger partial charge in [0, 0.05) is 35.9 Å². The van der Waals surface area contributed by atoms with Gasteiger partial charge in [0.1, 0.15) is 18.5 Å². The van der Waals surface area contributed by atoms with Crippen molar-refractivity contribution in [2.75, 3.05) is 25.0 Å². The van der Waals surface area contributed by atoms with Crippen molar-refractivity contribution in [3.63, 3.8) is 0 Å². The molecule has 0 aromatic heterocycles. The van der Waals surface area contributed by atoms with E-state index in [1.54, 1.807) is 30.1 Å². The van der Waals surface area contributed by atoms with Gasteiger partial charge in [-0.2, -0.15) is 0 Å². The highest BCUT2D eigenvalue weighted by Crippen LogP contribution is 2.34. The van der Waals surface area contributed by atoms with E-state index >= 15 is 0 Å². The van der Waals surface area contributed by atoms with E-state index in [9.17, 15) is 9.59 Å². The van der Waals surface area contributed by atoms with Crippen LogP contribution in [0.4, 0.5) is 10.5 Å². The molecular weight excluding hydrogens is 461 g/mol. The molecule has 33 heavy (non-hydrogen) atoms. The molecule has 3 saturated heterocycles. The van der Waals surface area contributed by atoms with E-state index in [0.29, 0.717) is 15.6 Å². The predicted octanol–water partition coefficient (Wildman–Crippen LogP) is 3.80. The Bertz CT molecular complexity index is 1130. The molecule has 5 rings (SSSR count). The van der Waals surface area contributed by atoms with Crippen molar-refractivity contribution in [1.29, 1.82) is 0 Å². The Kier molecular flexibility index (Phi) is 5.77. The molecule has 9 heteroatoms. The molecule has 0 aliphatic carbocycles. The number of halogens is 2. The molecule has 3 atom stereocenters. The normalized spacial score (nSPS) is 25.5. The van der Waals surface area contributed by atoms with Crippen molar-refractivity contribution in [3.8, 4) is 0 Å². The SMILES string of the molecule is Cc1ccc(N2CCCN3C4C(=O)N(Cc5ccc(Cl)cc5Cl)C(=O)N(C)C4NC23)cc1C. The maximum absolute atomic E-state index is 13.7. The van der Waals surface area contributed by atoms with Gasteiger partial charge >= 0.3 is 6.03 Å². The molecule has 1 N–H and O–H groups in total. The first-order chi connectivity index (χ1) is 15.8. The maximum Gasteiger partial charge on any atom is 0.328 e. The van der Waals surface area contributed by atoms with Gasteiger partial charge in [-0.1, -0.05) is 35.3 Å². The van der Waals surface area contributed by atoms with Crippen LogP contribution in [-0.4, -0.2) is 65.3 Å². The number of nitrogens with one attached hydrogen (secondary N) is 1. The van der Waals surface area contributed by atoms with Crippen LogP contribution in [0.5, 0.6) is 0 Å². The Morgan fingerprint density at radius 1 is 1.03 bits per heavy atom. The zero-order valence-corrected chi connectivity index (χ0v) is 20.4. The summed E-state index contributed by atoms with van der Waals surface area (Å²) < 4.78 is 0. The lowest BCUT2D eigenvalue weighted by Crippen LogP contribution is -2.66. The van der Waals surface area contributed by atoms with Gasteiger partial charge in [0.25, 0.3) is 5.91 Å². The first-order valence-electron chi connectivity index (χ1n) is 11.1. The second-order valence-corrected chi connectivity index (χ2v) is 9.88. The number of carbonyl (C=O) groups excluding carboxylic acids is 2. The van der Waals surface area contributed by atoms with Crippen LogP contribution in [0.3, 0.4) is 0 Å². The molecule has 3 aliphatic heterocycles. The van der Waals surface area contributed by atoms with Crippen LogP contribution in [0.2, 0.25) is 10.0 Å². The third-order valence-corrected chi connectivity index (χ3v) is 7.62. The van der Waals surface area contributed by atoms with Crippen molar-refractivity contribution in [2.24, 2.45) is 0 Å². The number of imide groups is 1. The molecule has 2 aromatic rings. The highest BCUT2D eigenvalue weighted by Gasteiger charge is 2.56. The van der Waals surface area contributed by atoms with Crippen LogP contribution < -0.4 is 10.2 Å². The summed E-state index contributed by atoms with van der Waals surface area (Å²) in [6.45, 7) is 5.99. The number of urea groups is 1. The highest BCUT2D eigenvalue weighted by molar-refractivity contribution is 6.35. The Morgan fingerprint density at radius 2 is 1.82 bits per heavy atom. The molecule has 3 heterocycles. The number of hydrogen-bond acceptors (Lipinski definition) is 5. The first-order valence-corrected chi connectivity index (χ1v) is 11.9. The number of nitrogens with zero attached hydrogens (tertiary/aromatic N) is 4. The van der Waals surface area contributed by atoms with Gasteiger partial charge in [-0.25, -0.2) is 4.79 Å². The average Bonchev–Trinajstić information content (AvgIpc) is 3.18. The minimum atomic E-state index is -0.460. The van der Waals surface area contributed by atoms with Crippen LogP contribution in [0.15, 0.2) is 36.4 Å². The lowest BCUT2D eigenvalue weighted by atomic mass is 10.1. The Hall–Kier alpha value is -2.32. The predicted molar refractivity (Wildman–Crippen MR) is 129 cm³/mol. The summed E-state index contributed by atoms with van der Waals surface area (Å²) >= 11 is 12.3. The number of benzene rings is 2. The van der Waals surface area contributed by atoms with Gasteiger partial charge in [-0.05, 0) is 61.2 Å². The molecule has 0 bridgehead atoms. The molecule has 7 nitrogen and oxygen atoms in total. The summed E-state index contributed by atoms with van der Waals surface area (Å²) in [4.78, 5) is 34.3. The van der Waals surface area contributed by atoms with Gasteiger partial charge in [-0.3, -0.25) is 19.9 Å². The minimum absolute atomic E-state index is 0.112. The summed E-state index contributed by atoms with van der Waals surface area (Å²) in [6, 6.07) is 10.8. The van der Waals surface area contributed by atoms with Crippen molar-refractivity contribution < 1.29 is 9.59 Å². The molecule has 3 unspecified atom stereocenters. The highest BCUT2D eigenvalue weighted by atomic mass is 35.5. The van der Waals surface area contributed by atoms with Gasteiger partial charge in [-0.15, -0.1) is 0 Å². The van der Waals surface area contributed by atoms with Crippen molar-refractivity contribution in [2.45, 2.75) is 45.3 Å². The Balaban J connectivity index is 1.44. The van der Waals surface area contributed by atoms with Crippen LogP contribution in [-0.2, 0) is 11.3 Å². The second kappa shape index (κ2) is 8.47. The Labute approximate surface area is 203 Å². The summed E-state index contributed by atoms with van der Waals surface area (Å²) in [6.07, 6.45) is 0.385. The number of fused-ring (bicyclic) bond motifs is 3. The molecule has 3 fully saturated rings. The number of amides is 3. The molecule has 0 spiro atoms. The lowest BCUT2D eigenvalue weighted by Gasteiger charge is -2.44. The minimum Gasteiger partial charge on any atom is -0.343 e. The maximum atomic E-state index is 13.7. The number of rotatable bonds is 3. The third kappa shape index (κ3) is 3.77. The van der Waals surface area contributed by atoms with Gasteiger partial charge < -0.3 is 9.80 Å². The van der Waals surface area contributed by atoms with Crippen molar-refractivity contribution in [1.82, 2.24) is 20.0 Å². The van der Waals surface area contributed by atoms with E-state index in [-0.39, 0.29) is 30.9 Å². The zero-order chi connectivity index (χ0) is 23.4. The summed E-state index contributed by atoms with van der Waals surface area (Å²) in [5, 5.41) is 4.51. The van der Waals surface area contributed by atoms with E-state index in [2.05, 4.69) is 47.2 Å². The summed E-state index contributed by atoms with van der Waals surface area (Å²) in [7, 11) is 1.74. The van der Waals surface area contributed by atoms with Crippen LogP contribution in [0, 0.1) is 13.8 Å². The third-order valence-electron chi connectivity index (χ3n) is 7.04. The number of carbonyl (C=O) groups is 2. The quantitative estimate of drug-likeness (QED) is 0.713. The standard InChI is InChI=1S/C24H27Cl2N5O2/c1-14-5-8-18(11-15(14)2)29-9-4-10-30-20-21(27-23(29)30)28(3)24(33)31(22(20)32)13-16-6-7-17(25)12-19(16)26/h5-8,11-12,20-21,23,27H,4,9-10,13H2,1-3H3. The zero-order valence-electron chi connectivity index (χ0n) is 18.9. The monoisotopic (exact) mass is 487 g/mol. The van der Waals surface area contributed by atoms with Crippen molar-refractivity contribution >= 4 is 40.8 Å². The fourth-order valence-corrected chi connectivity index (χ4v) is 5.52. The summed E-state index contributed by atoms with van der Waals surface area (Å²) in [5.74, 6) is -0.203. The molecular formula is C24H27Cl2N5O2. The summed E-state index contributed by atoms with van der Waals surface area (Å²) in [5.41, 5.74) is 4.28. The fraction of sp³-hybridized carbons (Fsp3) is 0.417. The van der Waals surface area contributed by atoms with Crippen LogP contribution >= 0.6 is 23.2 Å². The van der Waals surface area contributed by atoms with E-state index in [0.717, 1.165) is 25.2 Å². The molecule has 2 aromatic carbocycles. The largest absolute Gasteiger partial charge is 0.343 e. The average molecular weight is 488 g/mol. The van der Waals surface area contributed by atoms with Crippen LogP contribution in [0.1, 0.15) is 23.1 Å². The molecule has 0 radical (unpaired) electrons. The fourth-order valence-electron chi connectivity index (χ4n) is 5.05. The topological polar surface area (TPSA) is 59.1 Å². The van der Waals surface area contributed by atoms with E-state index in [1.807, 2.05) is 0 Å². The van der Waals surface area contributed by atoms with Gasteiger partial charge in [0.2, 0.25) is 0 Å². The van der Waals surface area contributed by atoms with E-state index < -0.39 is 6.04 Å². The number of aryl methyl sites for hydroxylation is 2. The molecule has 3 aliphatic rings.